The van der Waals surface area contributed by atoms with E-state index in [0.717, 1.165) is 45.7 Å². The van der Waals surface area contributed by atoms with E-state index in [1.54, 1.807) is 6.20 Å². The van der Waals surface area contributed by atoms with Gasteiger partial charge in [-0.2, -0.15) is 0 Å². The van der Waals surface area contributed by atoms with E-state index in [1.807, 2.05) is 18.3 Å². The summed E-state index contributed by atoms with van der Waals surface area (Å²) in [4.78, 5) is 13.9. The molecular formula is C22H22N4O. The fourth-order valence-electron chi connectivity index (χ4n) is 4.42. The molecule has 4 aromatic rings. The largest absolute Gasteiger partial charge is 0.435 e. The van der Waals surface area contributed by atoms with Crippen molar-refractivity contribution in [1.82, 2.24) is 9.97 Å². The molecule has 5 heteroatoms. The standard InChI is InChI=1S/C22H22N4O/c1-5-25-17-9-7-12-23-20(17)26(22(25,3)4)18-14(2)10-11-15-16-8-6-13-24-21(16)27-19(15)18/h6-13H,5H2,1-4H3. The predicted molar refractivity (Wildman–Crippen MR) is 110 cm³/mol. The molecule has 0 atom stereocenters. The Bertz CT molecular complexity index is 1180. The number of hydrogen-bond acceptors (Lipinski definition) is 5. The Labute approximate surface area is 158 Å². The van der Waals surface area contributed by atoms with Crippen LogP contribution in [-0.4, -0.2) is 22.2 Å². The van der Waals surface area contributed by atoms with Crippen LogP contribution in [0.25, 0.3) is 22.1 Å². The summed E-state index contributed by atoms with van der Waals surface area (Å²) in [5.74, 6) is 0.966. The number of rotatable bonds is 2. The third kappa shape index (κ3) is 2.05. The number of aromatic nitrogens is 2. The first-order valence-electron chi connectivity index (χ1n) is 9.33. The summed E-state index contributed by atoms with van der Waals surface area (Å²) in [5.41, 5.74) is 4.64. The van der Waals surface area contributed by atoms with Crippen LogP contribution in [0.1, 0.15) is 26.3 Å². The highest BCUT2D eigenvalue weighted by Crippen LogP contribution is 2.51. The van der Waals surface area contributed by atoms with Gasteiger partial charge in [0.15, 0.2) is 11.4 Å². The van der Waals surface area contributed by atoms with Gasteiger partial charge < -0.3 is 9.32 Å². The lowest BCUT2D eigenvalue weighted by atomic mass is 10.1. The first-order valence-corrected chi connectivity index (χ1v) is 9.33. The molecule has 0 N–H and O–H groups in total. The van der Waals surface area contributed by atoms with Crippen LogP contribution < -0.4 is 9.80 Å². The van der Waals surface area contributed by atoms with Crippen LogP contribution in [0.15, 0.2) is 53.2 Å². The minimum Gasteiger partial charge on any atom is -0.435 e. The molecule has 27 heavy (non-hydrogen) atoms. The molecule has 0 aliphatic carbocycles. The first-order chi connectivity index (χ1) is 13.0. The zero-order valence-corrected chi connectivity index (χ0v) is 16.0. The topological polar surface area (TPSA) is 45.4 Å². The molecule has 0 spiro atoms. The molecule has 3 aromatic heterocycles. The van der Waals surface area contributed by atoms with Gasteiger partial charge in [0.1, 0.15) is 5.66 Å². The molecule has 5 nitrogen and oxygen atoms in total. The smallest absolute Gasteiger partial charge is 0.227 e. The van der Waals surface area contributed by atoms with E-state index < -0.39 is 0 Å². The van der Waals surface area contributed by atoms with Crippen LogP contribution in [0, 0.1) is 6.92 Å². The van der Waals surface area contributed by atoms with Gasteiger partial charge >= 0.3 is 0 Å². The normalized spacial score (nSPS) is 15.7. The van der Waals surface area contributed by atoms with E-state index in [-0.39, 0.29) is 5.66 Å². The molecule has 0 unspecified atom stereocenters. The van der Waals surface area contributed by atoms with Crippen molar-refractivity contribution in [1.29, 1.82) is 0 Å². The number of pyridine rings is 2. The number of aryl methyl sites for hydroxylation is 1. The number of anilines is 3. The molecule has 1 aliphatic rings. The van der Waals surface area contributed by atoms with Crippen LogP contribution in [0.4, 0.5) is 17.2 Å². The van der Waals surface area contributed by atoms with Crippen molar-refractivity contribution < 1.29 is 4.42 Å². The number of fused-ring (bicyclic) bond motifs is 4. The fourth-order valence-corrected chi connectivity index (χ4v) is 4.42. The molecule has 0 bridgehead atoms. The number of benzene rings is 1. The second kappa shape index (κ2) is 5.46. The molecule has 0 radical (unpaired) electrons. The average Bonchev–Trinajstić information content (AvgIpc) is 3.13. The Morgan fingerprint density at radius 2 is 1.78 bits per heavy atom. The van der Waals surface area contributed by atoms with Crippen LogP contribution in [-0.2, 0) is 0 Å². The highest BCUT2D eigenvalue weighted by Gasteiger charge is 2.45. The van der Waals surface area contributed by atoms with E-state index in [9.17, 15) is 0 Å². The maximum Gasteiger partial charge on any atom is 0.227 e. The molecular weight excluding hydrogens is 336 g/mol. The van der Waals surface area contributed by atoms with Crippen molar-refractivity contribution in [3.8, 4) is 0 Å². The van der Waals surface area contributed by atoms with E-state index >= 15 is 0 Å². The molecule has 0 saturated carbocycles. The zero-order chi connectivity index (χ0) is 18.8. The summed E-state index contributed by atoms with van der Waals surface area (Å²) >= 11 is 0. The Balaban J connectivity index is 1.87. The third-order valence-electron chi connectivity index (χ3n) is 5.61. The van der Waals surface area contributed by atoms with E-state index in [1.165, 1.54) is 0 Å². The van der Waals surface area contributed by atoms with Crippen LogP contribution in [0.5, 0.6) is 0 Å². The molecule has 0 amide bonds. The Hall–Kier alpha value is -3.08. The fraction of sp³-hybridized carbons (Fsp3) is 0.273. The highest BCUT2D eigenvalue weighted by atomic mass is 16.3. The van der Waals surface area contributed by atoms with Crippen molar-refractivity contribution in [3.63, 3.8) is 0 Å². The molecule has 136 valence electrons. The molecule has 0 saturated heterocycles. The summed E-state index contributed by atoms with van der Waals surface area (Å²) in [5, 5.41) is 2.13. The Morgan fingerprint density at radius 3 is 2.59 bits per heavy atom. The molecule has 1 aromatic carbocycles. The lowest BCUT2D eigenvalue weighted by Crippen LogP contribution is -2.50. The number of hydrogen-bond donors (Lipinski definition) is 0. The van der Waals surface area contributed by atoms with E-state index in [2.05, 4.69) is 66.7 Å². The van der Waals surface area contributed by atoms with Gasteiger partial charge in [0.05, 0.1) is 11.4 Å². The number of nitrogens with zero attached hydrogens (tertiary/aromatic N) is 4. The average molecular weight is 358 g/mol. The van der Waals surface area contributed by atoms with Crippen molar-refractivity contribution in [2.45, 2.75) is 33.4 Å². The van der Waals surface area contributed by atoms with Gasteiger partial charge in [0.25, 0.3) is 0 Å². The SMILES string of the molecule is CCN1c2cccnc2N(c2c(C)ccc3c2oc2ncccc23)C1(C)C. The van der Waals surface area contributed by atoms with Crippen LogP contribution in [0.3, 0.4) is 0 Å². The van der Waals surface area contributed by atoms with Gasteiger partial charge in [-0.25, -0.2) is 9.97 Å². The van der Waals surface area contributed by atoms with Gasteiger partial charge in [-0.1, -0.05) is 12.1 Å². The summed E-state index contributed by atoms with van der Waals surface area (Å²) in [6.07, 6.45) is 3.63. The predicted octanol–water partition coefficient (Wildman–Crippen LogP) is 5.40. The van der Waals surface area contributed by atoms with Gasteiger partial charge in [0, 0.05) is 29.7 Å². The molecule has 0 fully saturated rings. The minimum atomic E-state index is -0.267. The number of furan rings is 1. The zero-order valence-electron chi connectivity index (χ0n) is 16.0. The van der Waals surface area contributed by atoms with Crippen molar-refractivity contribution in [2.24, 2.45) is 0 Å². The van der Waals surface area contributed by atoms with Crippen molar-refractivity contribution in [3.05, 3.63) is 54.4 Å². The van der Waals surface area contributed by atoms with Crippen LogP contribution >= 0.6 is 0 Å². The summed E-state index contributed by atoms with van der Waals surface area (Å²) in [6, 6.07) is 12.4. The molecule has 4 heterocycles. The lowest BCUT2D eigenvalue weighted by molar-refractivity contribution is 0.497. The Morgan fingerprint density at radius 1 is 1.00 bits per heavy atom. The highest BCUT2D eigenvalue weighted by molar-refractivity contribution is 6.09. The minimum absolute atomic E-state index is 0.267. The second-order valence-electron chi connectivity index (χ2n) is 7.49. The van der Waals surface area contributed by atoms with E-state index in [4.69, 9.17) is 9.40 Å². The monoisotopic (exact) mass is 358 g/mol. The van der Waals surface area contributed by atoms with E-state index in [0.29, 0.717) is 5.71 Å². The van der Waals surface area contributed by atoms with Gasteiger partial charge in [-0.05, 0) is 57.5 Å². The molecule has 1 aliphatic heterocycles. The maximum atomic E-state index is 6.25. The lowest BCUT2D eigenvalue weighted by Gasteiger charge is -2.40. The van der Waals surface area contributed by atoms with Gasteiger partial charge in [-0.15, -0.1) is 0 Å². The van der Waals surface area contributed by atoms with Crippen molar-refractivity contribution in [2.75, 3.05) is 16.3 Å². The second-order valence-corrected chi connectivity index (χ2v) is 7.49. The summed E-state index contributed by atoms with van der Waals surface area (Å²) < 4.78 is 6.25. The summed E-state index contributed by atoms with van der Waals surface area (Å²) in [6.45, 7) is 9.68. The van der Waals surface area contributed by atoms with Gasteiger partial charge in [0.2, 0.25) is 5.71 Å². The third-order valence-corrected chi connectivity index (χ3v) is 5.61. The molecule has 5 rings (SSSR count). The maximum absolute atomic E-state index is 6.25. The van der Waals surface area contributed by atoms with Crippen LogP contribution in [0.2, 0.25) is 0 Å². The summed E-state index contributed by atoms with van der Waals surface area (Å²) in [7, 11) is 0. The van der Waals surface area contributed by atoms with Gasteiger partial charge in [-0.3, -0.25) is 4.90 Å². The quantitative estimate of drug-likeness (QED) is 0.480. The Kier molecular flexibility index (Phi) is 3.26. The van der Waals surface area contributed by atoms with Crippen molar-refractivity contribution >= 4 is 39.3 Å². The first kappa shape index (κ1) is 16.1.